The van der Waals surface area contributed by atoms with E-state index in [0.29, 0.717) is 24.3 Å². The third-order valence-corrected chi connectivity index (χ3v) is 4.77. The molecular formula is C16H8F17O5P. The van der Waals surface area contributed by atoms with Crippen molar-refractivity contribution in [1.29, 1.82) is 0 Å². The molecule has 2 N–H and O–H groups in total. The highest BCUT2D eigenvalue weighted by molar-refractivity contribution is 7.46. The van der Waals surface area contributed by atoms with Gasteiger partial charge in [0.2, 0.25) is 5.83 Å². The number of rotatable bonds is 11. The van der Waals surface area contributed by atoms with E-state index in [1.807, 2.05) is 0 Å². The van der Waals surface area contributed by atoms with Crippen LogP contribution in [0.25, 0.3) is 0 Å². The summed E-state index contributed by atoms with van der Waals surface area (Å²) >= 11 is 0. The summed E-state index contributed by atoms with van der Waals surface area (Å²) in [6, 6.07) is -1.49. The number of alkyl halides is 15. The normalized spacial score (nSPS) is 15.8. The number of benzene rings is 1. The molecule has 1 aromatic carbocycles. The van der Waals surface area contributed by atoms with E-state index in [1.165, 1.54) is 0 Å². The van der Waals surface area contributed by atoms with Gasteiger partial charge in [-0.15, -0.1) is 0 Å². The van der Waals surface area contributed by atoms with Crippen LogP contribution in [0.5, 0.6) is 5.75 Å². The molecule has 1 aromatic rings. The van der Waals surface area contributed by atoms with Crippen LogP contribution in [0.3, 0.4) is 0 Å². The van der Waals surface area contributed by atoms with Crippen molar-refractivity contribution >= 4 is 7.82 Å². The molecule has 23 heteroatoms. The van der Waals surface area contributed by atoms with E-state index >= 15 is 0 Å². The maximum absolute atomic E-state index is 13.7. The number of allylic oxidation sites excluding steroid dienone is 1. The van der Waals surface area contributed by atoms with Crippen molar-refractivity contribution in [1.82, 2.24) is 0 Å². The fourth-order valence-corrected chi connectivity index (χ4v) is 2.51. The third kappa shape index (κ3) is 6.07. The first-order chi connectivity index (χ1) is 17.0. The Labute approximate surface area is 203 Å². The Bertz CT molecular complexity index is 1110. The predicted octanol–water partition coefficient (Wildman–Crippen LogP) is 7.16. The van der Waals surface area contributed by atoms with E-state index in [2.05, 4.69) is 9.26 Å². The second-order valence-corrected chi connectivity index (χ2v) is 8.28. The average molecular weight is 634 g/mol. The minimum absolute atomic E-state index is 0.217. The van der Waals surface area contributed by atoms with Gasteiger partial charge in [0.1, 0.15) is 5.75 Å². The largest absolute Gasteiger partial charge is 0.469 e. The zero-order chi connectivity index (χ0) is 31.3. The van der Waals surface area contributed by atoms with Crippen molar-refractivity contribution in [3.8, 4) is 5.75 Å². The van der Waals surface area contributed by atoms with E-state index in [9.17, 15) is 79.2 Å². The Kier molecular flexibility index (Phi) is 9.13. The van der Waals surface area contributed by atoms with Gasteiger partial charge in [0.15, 0.2) is 0 Å². The summed E-state index contributed by atoms with van der Waals surface area (Å²) in [5.41, 5.74) is -0.217. The topological polar surface area (TPSA) is 76.0 Å². The van der Waals surface area contributed by atoms with Crippen LogP contribution in [0.4, 0.5) is 74.6 Å². The second kappa shape index (κ2) is 10.3. The lowest BCUT2D eigenvalue weighted by Crippen LogP contribution is -2.72. The monoisotopic (exact) mass is 634 g/mol. The molecule has 0 radical (unpaired) electrons. The summed E-state index contributed by atoms with van der Waals surface area (Å²) in [4.78, 5) is 17.0. The third-order valence-electron chi connectivity index (χ3n) is 4.31. The molecule has 0 spiro atoms. The number of hydrogen-bond donors (Lipinski definition) is 2. The molecule has 226 valence electrons. The highest BCUT2D eigenvalue weighted by atomic mass is 31.2. The van der Waals surface area contributed by atoms with Gasteiger partial charge in [-0.3, -0.25) is 4.52 Å². The maximum Gasteiger partial charge on any atom is 0.469 e. The van der Waals surface area contributed by atoms with Crippen molar-refractivity contribution in [2.24, 2.45) is 0 Å². The number of halogens is 17. The summed E-state index contributed by atoms with van der Waals surface area (Å²) in [7, 11) is -5.03. The lowest BCUT2D eigenvalue weighted by Gasteiger charge is -2.41. The van der Waals surface area contributed by atoms with E-state index < -0.39 is 73.7 Å². The van der Waals surface area contributed by atoms with Gasteiger partial charge in [-0.05, 0) is 17.7 Å². The van der Waals surface area contributed by atoms with Gasteiger partial charge >= 0.3 is 55.5 Å². The smallest absolute Gasteiger partial charge is 0.430 e. The minimum atomic E-state index is -8.69. The molecule has 5 nitrogen and oxygen atoms in total. The Hall–Kier alpha value is -2.32. The molecule has 0 atom stereocenters. The van der Waals surface area contributed by atoms with Gasteiger partial charge in [0.05, 0.1) is 6.61 Å². The van der Waals surface area contributed by atoms with Crippen LogP contribution < -0.4 is 4.74 Å². The molecule has 0 saturated carbocycles. The summed E-state index contributed by atoms with van der Waals surface area (Å²) < 4.78 is 242. The van der Waals surface area contributed by atoms with Crippen LogP contribution >= 0.6 is 7.82 Å². The molecule has 0 aliphatic rings. The van der Waals surface area contributed by atoms with E-state index in [4.69, 9.17) is 9.79 Å². The first-order valence-electron chi connectivity index (χ1n) is 8.85. The van der Waals surface area contributed by atoms with Gasteiger partial charge in [-0.25, -0.2) is 4.57 Å². The summed E-state index contributed by atoms with van der Waals surface area (Å²) in [5, 5.41) is 0. The first kappa shape index (κ1) is 34.7. The van der Waals surface area contributed by atoms with Crippen molar-refractivity contribution in [2.45, 2.75) is 48.3 Å². The molecule has 0 bridgehead atoms. The van der Waals surface area contributed by atoms with Gasteiger partial charge in [0, 0.05) is 0 Å². The number of phosphoric acid groups is 1. The zero-order valence-electron chi connectivity index (χ0n) is 17.5. The fourth-order valence-electron chi connectivity index (χ4n) is 2.19. The first-order valence-corrected chi connectivity index (χ1v) is 10.4. The summed E-state index contributed by atoms with van der Waals surface area (Å²) in [6.45, 7) is -0.886. The zero-order valence-corrected chi connectivity index (χ0v) is 18.4. The van der Waals surface area contributed by atoms with Crippen molar-refractivity contribution in [2.75, 3.05) is 0 Å². The van der Waals surface area contributed by atoms with Gasteiger partial charge in [-0.1, -0.05) is 12.1 Å². The summed E-state index contributed by atoms with van der Waals surface area (Å²) in [5.74, 6) is -55.8. The van der Waals surface area contributed by atoms with E-state index in [0.717, 1.165) is 0 Å². The molecule has 0 amide bonds. The quantitative estimate of drug-likeness (QED) is 0.154. The average Bonchev–Trinajstić information content (AvgIpc) is 2.75. The van der Waals surface area contributed by atoms with Crippen LogP contribution in [-0.2, 0) is 15.7 Å². The number of ether oxygens (including phenoxy) is 1. The molecule has 1 rings (SSSR count). The van der Waals surface area contributed by atoms with Crippen LogP contribution in [-0.4, -0.2) is 51.5 Å². The Morgan fingerprint density at radius 3 is 1.44 bits per heavy atom. The number of hydrogen-bond acceptors (Lipinski definition) is 3. The molecule has 0 aliphatic carbocycles. The second-order valence-electron chi connectivity index (χ2n) is 7.04. The van der Waals surface area contributed by atoms with E-state index in [-0.39, 0.29) is 5.56 Å². The molecule has 0 aliphatic heterocycles. The molecule has 0 heterocycles. The predicted molar refractivity (Wildman–Crippen MR) is 88.9 cm³/mol. The minimum Gasteiger partial charge on any atom is -0.430 e. The molecular weight excluding hydrogens is 626 g/mol. The van der Waals surface area contributed by atoms with Crippen molar-refractivity contribution < 1.29 is 98.2 Å². The van der Waals surface area contributed by atoms with E-state index in [1.54, 1.807) is 0 Å². The van der Waals surface area contributed by atoms with Crippen LogP contribution in [0.15, 0.2) is 36.1 Å². The van der Waals surface area contributed by atoms with Crippen LogP contribution in [0.2, 0.25) is 0 Å². The van der Waals surface area contributed by atoms with Crippen molar-refractivity contribution in [3.63, 3.8) is 0 Å². The Balaban J connectivity index is 3.42. The van der Waals surface area contributed by atoms with Gasteiger partial charge in [0.25, 0.3) is 0 Å². The Morgan fingerprint density at radius 1 is 0.667 bits per heavy atom. The highest BCUT2D eigenvalue weighted by Crippen LogP contribution is 2.63. The van der Waals surface area contributed by atoms with Crippen molar-refractivity contribution in [3.05, 3.63) is 41.7 Å². The standard InChI is InChI=1S/C16H8F17O5P/c17-8(9(18)38-7-3-1-6(2-4-7)5-37-39(34,35)36)10(19,20)11(21,22)12(23,24)13(25,26)14(27,28)15(29,30)16(31,32)33/h1-4H,5H2,(H2,34,35,36). The molecule has 0 aromatic heterocycles. The highest BCUT2D eigenvalue weighted by Gasteiger charge is 2.93. The van der Waals surface area contributed by atoms with Gasteiger partial charge < -0.3 is 14.5 Å². The molecule has 0 saturated heterocycles. The number of phosphoric ester groups is 1. The lowest BCUT2D eigenvalue weighted by atomic mass is 9.91. The summed E-state index contributed by atoms with van der Waals surface area (Å²) in [6.07, 6.45) is -7.82. The molecule has 0 unspecified atom stereocenters. The van der Waals surface area contributed by atoms with Gasteiger partial charge in [-0.2, -0.15) is 74.6 Å². The SMILES string of the molecule is O=P(O)(O)OCc1ccc(OC(F)=C(F)C(F)(F)C(F)(F)C(F)(F)C(F)(F)C(F)(F)C(F)(F)C(F)(F)F)cc1. The lowest BCUT2D eigenvalue weighted by molar-refractivity contribution is -0.451. The molecule has 0 fully saturated rings. The Morgan fingerprint density at radius 2 is 1.05 bits per heavy atom. The maximum atomic E-state index is 13.7. The van der Waals surface area contributed by atoms with Crippen LogP contribution in [0.1, 0.15) is 5.56 Å². The van der Waals surface area contributed by atoms with Crippen LogP contribution in [0, 0.1) is 0 Å². The molecule has 39 heavy (non-hydrogen) atoms. The fraction of sp³-hybridized carbons (Fsp3) is 0.500.